The van der Waals surface area contributed by atoms with Crippen LogP contribution in [-0.2, 0) is 0 Å². The maximum atomic E-state index is 9.15. The van der Waals surface area contributed by atoms with Crippen LogP contribution in [-0.4, -0.2) is 4.98 Å². The number of hydrogen-bond acceptors (Lipinski definition) is 3. The SMILES string of the molecule is N#Cc1cncc(-c2ccc(-c3cc4sc5ccccc5c4c4ccccc34)cc2)c1. The highest BCUT2D eigenvalue weighted by Gasteiger charge is 2.13. The van der Waals surface area contributed by atoms with E-state index in [-0.39, 0.29) is 0 Å². The summed E-state index contributed by atoms with van der Waals surface area (Å²) in [5, 5.41) is 14.4. The molecule has 0 N–H and O–H groups in total. The maximum absolute atomic E-state index is 9.15. The highest BCUT2D eigenvalue weighted by molar-refractivity contribution is 7.26. The lowest BCUT2D eigenvalue weighted by atomic mass is 9.94. The van der Waals surface area contributed by atoms with Crippen molar-refractivity contribution in [2.75, 3.05) is 0 Å². The van der Waals surface area contributed by atoms with Crippen molar-refractivity contribution >= 4 is 42.3 Å². The molecule has 6 rings (SSSR count). The highest BCUT2D eigenvalue weighted by atomic mass is 32.1. The smallest absolute Gasteiger partial charge is 0.101 e. The predicted molar refractivity (Wildman–Crippen MR) is 130 cm³/mol. The Balaban J connectivity index is 1.55. The zero-order valence-corrected chi connectivity index (χ0v) is 17.4. The fraction of sp³-hybridized carbons (Fsp3) is 0. The van der Waals surface area contributed by atoms with E-state index in [1.165, 1.54) is 42.1 Å². The lowest BCUT2D eigenvalue weighted by Gasteiger charge is -2.10. The average molecular weight is 413 g/mol. The van der Waals surface area contributed by atoms with Gasteiger partial charge in [-0.3, -0.25) is 4.98 Å². The van der Waals surface area contributed by atoms with Crippen molar-refractivity contribution < 1.29 is 0 Å². The van der Waals surface area contributed by atoms with Gasteiger partial charge in [-0.05, 0) is 45.7 Å². The van der Waals surface area contributed by atoms with Crippen LogP contribution in [0.3, 0.4) is 0 Å². The zero-order valence-electron chi connectivity index (χ0n) is 16.5. The van der Waals surface area contributed by atoms with E-state index < -0.39 is 0 Å². The summed E-state index contributed by atoms with van der Waals surface area (Å²) in [5.41, 5.74) is 5.01. The highest BCUT2D eigenvalue weighted by Crippen LogP contribution is 2.42. The van der Waals surface area contributed by atoms with Gasteiger partial charge in [-0.2, -0.15) is 5.26 Å². The van der Waals surface area contributed by atoms with Gasteiger partial charge in [0.1, 0.15) is 6.07 Å². The molecule has 0 aliphatic heterocycles. The first kappa shape index (κ1) is 17.8. The van der Waals surface area contributed by atoms with Crippen molar-refractivity contribution in [3.8, 4) is 28.3 Å². The molecule has 31 heavy (non-hydrogen) atoms. The van der Waals surface area contributed by atoms with Crippen LogP contribution < -0.4 is 0 Å². The normalized spacial score (nSPS) is 11.2. The molecule has 0 bridgehead atoms. The first-order valence-electron chi connectivity index (χ1n) is 10.1. The summed E-state index contributed by atoms with van der Waals surface area (Å²) in [7, 11) is 0. The van der Waals surface area contributed by atoms with E-state index in [9.17, 15) is 0 Å². The van der Waals surface area contributed by atoms with Crippen LogP contribution in [0.15, 0.2) is 97.3 Å². The van der Waals surface area contributed by atoms with Crippen molar-refractivity contribution in [2.45, 2.75) is 0 Å². The Hall–Kier alpha value is -4.00. The third-order valence-electron chi connectivity index (χ3n) is 5.78. The number of rotatable bonds is 2. The summed E-state index contributed by atoms with van der Waals surface area (Å²) < 4.78 is 2.63. The van der Waals surface area contributed by atoms with E-state index in [2.05, 4.69) is 89.9 Å². The maximum Gasteiger partial charge on any atom is 0.101 e. The molecule has 0 atom stereocenters. The van der Waals surface area contributed by atoms with Crippen LogP contribution in [0.5, 0.6) is 0 Å². The molecule has 4 aromatic carbocycles. The summed E-state index contributed by atoms with van der Waals surface area (Å²) in [6.07, 6.45) is 3.39. The molecule has 144 valence electrons. The second-order valence-electron chi connectivity index (χ2n) is 7.59. The summed E-state index contributed by atoms with van der Waals surface area (Å²) in [6.45, 7) is 0. The van der Waals surface area contributed by atoms with E-state index >= 15 is 0 Å². The molecular formula is C28H16N2S. The molecule has 0 aliphatic carbocycles. The molecule has 0 saturated carbocycles. The van der Waals surface area contributed by atoms with Crippen molar-refractivity contribution in [3.05, 3.63) is 103 Å². The Bertz CT molecular complexity index is 1640. The predicted octanol–water partition coefficient (Wildman–Crippen LogP) is 7.81. The molecule has 2 heterocycles. The average Bonchev–Trinajstić information content (AvgIpc) is 3.22. The second kappa shape index (κ2) is 7.05. The van der Waals surface area contributed by atoms with Gasteiger partial charge in [-0.15, -0.1) is 11.3 Å². The number of fused-ring (bicyclic) bond motifs is 5. The third-order valence-corrected chi connectivity index (χ3v) is 6.90. The van der Waals surface area contributed by atoms with Gasteiger partial charge in [-0.25, -0.2) is 0 Å². The number of hydrogen-bond donors (Lipinski definition) is 0. The Morgan fingerprint density at radius 3 is 2.16 bits per heavy atom. The van der Waals surface area contributed by atoms with Crippen LogP contribution in [0.1, 0.15) is 5.56 Å². The molecule has 0 aliphatic rings. The van der Waals surface area contributed by atoms with Crippen molar-refractivity contribution in [1.82, 2.24) is 4.98 Å². The quantitative estimate of drug-likeness (QED) is 0.291. The molecule has 0 saturated heterocycles. The van der Waals surface area contributed by atoms with Gasteiger partial charge in [0.05, 0.1) is 5.56 Å². The second-order valence-corrected chi connectivity index (χ2v) is 8.68. The van der Waals surface area contributed by atoms with Gasteiger partial charge >= 0.3 is 0 Å². The summed E-state index contributed by atoms with van der Waals surface area (Å²) in [6, 6.07) is 32.2. The van der Waals surface area contributed by atoms with Crippen LogP contribution in [0.4, 0.5) is 0 Å². The lowest BCUT2D eigenvalue weighted by Crippen LogP contribution is -1.85. The number of thiophene rings is 1. The Kier molecular flexibility index (Phi) is 4.06. The van der Waals surface area contributed by atoms with E-state index in [0.717, 1.165) is 11.1 Å². The van der Waals surface area contributed by atoms with E-state index in [0.29, 0.717) is 5.56 Å². The first-order valence-corrected chi connectivity index (χ1v) is 10.9. The van der Waals surface area contributed by atoms with Gasteiger partial charge in [0.15, 0.2) is 0 Å². The van der Waals surface area contributed by atoms with E-state index in [1.807, 2.05) is 17.4 Å². The van der Waals surface area contributed by atoms with Crippen LogP contribution in [0, 0.1) is 11.3 Å². The fourth-order valence-electron chi connectivity index (χ4n) is 4.33. The molecule has 6 aromatic rings. The molecular weight excluding hydrogens is 396 g/mol. The molecule has 0 spiro atoms. The van der Waals surface area contributed by atoms with Crippen LogP contribution in [0.2, 0.25) is 0 Å². The van der Waals surface area contributed by atoms with E-state index in [1.54, 1.807) is 12.4 Å². The molecule has 2 nitrogen and oxygen atoms in total. The van der Waals surface area contributed by atoms with Crippen molar-refractivity contribution in [2.24, 2.45) is 0 Å². The molecule has 0 amide bonds. The third kappa shape index (κ3) is 2.89. The van der Waals surface area contributed by atoms with Gasteiger partial charge in [0.2, 0.25) is 0 Å². The minimum absolute atomic E-state index is 0.572. The molecule has 3 heteroatoms. The molecule has 0 radical (unpaired) electrons. The number of nitriles is 1. The van der Waals surface area contributed by atoms with Gasteiger partial charge in [0.25, 0.3) is 0 Å². The zero-order chi connectivity index (χ0) is 20.8. The molecule has 2 aromatic heterocycles. The van der Waals surface area contributed by atoms with Gasteiger partial charge in [-0.1, -0.05) is 66.7 Å². The lowest BCUT2D eigenvalue weighted by molar-refractivity contribution is 1.30. The van der Waals surface area contributed by atoms with Crippen molar-refractivity contribution in [1.29, 1.82) is 5.26 Å². The van der Waals surface area contributed by atoms with E-state index in [4.69, 9.17) is 5.26 Å². The van der Waals surface area contributed by atoms with Crippen LogP contribution in [0.25, 0.3) is 53.2 Å². The summed E-state index contributed by atoms with van der Waals surface area (Å²) in [5.74, 6) is 0. The monoisotopic (exact) mass is 412 g/mol. The summed E-state index contributed by atoms with van der Waals surface area (Å²) >= 11 is 1.85. The summed E-state index contributed by atoms with van der Waals surface area (Å²) in [4.78, 5) is 4.19. The number of pyridine rings is 1. The van der Waals surface area contributed by atoms with Crippen LogP contribution >= 0.6 is 11.3 Å². The minimum atomic E-state index is 0.572. The largest absolute Gasteiger partial charge is 0.263 e. The fourth-order valence-corrected chi connectivity index (χ4v) is 5.49. The standard InChI is InChI=1S/C28H16N2S/c29-15-18-13-21(17-30-16-18)19-9-11-20(12-10-19)25-14-27-28(23-6-2-1-5-22(23)25)24-7-3-4-8-26(24)31-27/h1-14,16-17H. The number of benzene rings is 4. The van der Waals surface area contributed by atoms with Gasteiger partial charge < -0.3 is 0 Å². The minimum Gasteiger partial charge on any atom is -0.263 e. The van der Waals surface area contributed by atoms with Gasteiger partial charge in [0, 0.05) is 38.1 Å². The van der Waals surface area contributed by atoms with Crippen molar-refractivity contribution in [3.63, 3.8) is 0 Å². The first-order chi connectivity index (χ1) is 15.3. The Labute approximate surface area is 183 Å². The topological polar surface area (TPSA) is 36.7 Å². The Morgan fingerprint density at radius 1 is 0.645 bits per heavy atom. The molecule has 0 unspecified atom stereocenters. The number of nitrogens with zero attached hydrogens (tertiary/aromatic N) is 2. The molecule has 0 fully saturated rings. The number of aromatic nitrogens is 1. The Morgan fingerprint density at radius 2 is 1.35 bits per heavy atom.